The third kappa shape index (κ3) is 2.86. The number of fused-ring (bicyclic) bond motifs is 9. The minimum Gasteiger partial charge on any atom is -0.457 e. The molecule has 4 aromatic rings. The molecule has 2 aliphatic heterocycles. The highest BCUT2D eigenvalue weighted by Crippen LogP contribution is 2.61. The Hall–Kier alpha value is -3.85. The monoisotopic (exact) mass is 483 g/mol. The van der Waals surface area contributed by atoms with Gasteiger partial charge < -0.3 is 14.0 Å². The number of nitrogens with zero attached hydrogens (tertiary/aromatic N) is 1. The molecule has 0 amide bonds. The fourth-order valence-electron chi connectivity index (χ4n) is 6.12. The van der Waals surface area contributed by atoms with Gasteiger partial charge in [-0.15, -0.1) is 0 Å². The Labute approximate surface area is 217 Å². The molecule has 4 aromatic carbocycles. The lowest BCUT2D eigenvalue weighted by atomic mass is 9.65. The predicted octanol–water partition coefficient (Wildman–Crippen LogP) is 6.33. The zero-order chi connectivity index (χ0) is 25.6. The Kier molecular flexibility index (Phi) is 4.44. The molecule has 1 spiro atoms. The molecule has 0 unspecified atom stereocenters. The van der Waals surface area contributed by atoms with Crippen molar-refractivity contribution < 1.29 is 14.0 Å². The lowest BCUT2D eigenvalue weighted by Gasteiger charge is -2.39. The van der Waals surface area contributed by atoms with Gasteiger partial charge >= 0.3 is 7.12 Å². The van der Waals surface area contributed by atoms with Crippen LogP contribution < -0.4 is 10.2 Å². The molecule has 1 fully saturated rings. The Morgan fingerprint density at radius 2 is 1.27 bits per heavy atom. The van der Waals surface area contributed by atoms with Crippen molar-refractivity contribution in [2.24, 2.45) is 0 Å². The Balaban J connectivity index is 1.55. The third-order valence-electron chi connectivity index (χ3n) is 8.62. The number of nitriles is 1. The highest BCUT2D eigenvalue weighted by molar-refractivity contribution is 6.62. The fraction of sp³-hybridized carbons (Fsp3) is 0.219. The average molecular weight is 483 g/mol. The highest BCUT2D eigenvalue weighted by Gasteiger charge is 2.54. The molecule has 1 saturated heterocycles. The summed E-state index contributed by atoms with van der Waals surface area (Å²) in [5.74, 6) is 1.68. The average Bonchev–Trinajstić information content (AvgIpc) is 3.30. The van der Waals surface area contributed by atoms with Gasteiger partial charge in [0.05, 0.1) is 28.2 Å². The first kappa shape index (κ1) is 22.4. The van der Waals surface area contributed by atoms with Crippen molar-refractivity contribution >= 4 is 12.6 Å². The molecule has 0 N–H and O–H groups in total. The van der Waals surface area contributed by atoms with Crippen LogP contribution >= 0.6 is 0 Å². The fourth-order valence-corrected chi connectivity index (χ4v) is 6.12. The number of hydrogen-bond acceptors (Lipinski definition) is 4. The van der Waals surface area contributed by atoms with E-state index in [-0.39, 0.29) is 0 Å². The number of rotatable bonds is 1. The molecule has 0 bridgehead atoms. The maximum absolute atomic E-state index is 9.72. The van der Waals surface area contributed by atoms with Gasteiger partial charge in [-0.3, -0.25) is 0 Å². The van der Waals surface area contributed by atoms with Gasteiger partial charge in [-0.2, -0.15) is 5.26 Å². The van der Waals surface area contributed by atoms with Crippen LogP contribution in [0.15, 0.2) is 84.9 Å². The van der Waals surface area contributed by atoms with Crippen LogP contribution in [0.25, 0.3) is 11.1 Å². The molecule has 3 aliphatic rings. The van der Waals surface area contributed by atoms with Crippen LogP contribution in [-0.4, -0.2) is 18.3 Å². The summed E-state index contributed by atoms with van der Waals surface area (Å²) in [5, 5.41) is 9.72. The van der Waals surface area contributed by atoms with Crippen molar-refractivity contribution in [3.63, 3.8) is 0 Å². The standard InChI is InChI=1S/C32H26BNO3/c1-30(2)31(3,4)37-33(36-30)21-14-15-22-23-17-20(19-34)13-16-24(23)32(27(22)18-21)25-9-5-7-11-28(25)35-29-12-8-6-10-26(29)32/h5-18H,1-4H3. The molecular formula is C32H26BNO3. The van der Waals surface area contributed by atoms with Crippen LogP contribution in [-0.2, 0) is 14.7 Å². The van der Waals surface area contributed by atoms with E-state index in [1.165, 1.54) is 0 Å². The first-order valence-corrected chi connectivity index (χ1v) is 12.7. The smallest absolute Gasteiger partial charge is 0.457 e. The molecule has 2 heterocycles. The second kappa shape index (κ2) is 7.35. The first-order chi connectivity index (χ1) is 17.8. The zero-order valence-corrected chi connectivity index (χ0v) is 21.3. The van der Waals surface area contributed by atoms with Gasteiger partial charge in [0.2, 0.25) is 0 Å². The minimum absolute atomic E-state index is 0.434. The third-order valence-corrected chi connectivity index (χ3v) is 8.62. The van der Waals surface area contributed by atoms with E-state index in [9.17, 15) is 5.26 Å². The summed E-state index contributed by atoms with van der Waals surface area (Å²) in [4.78, 5) is 0. The molecule has 0 saturated carbocycles. The van der Waals surface area contributed by atoms with Crippen molar-refractivity contribution in [2.45, 2.75) is 44.3 Å². The van der Waals surface area contributed by atoms with Crippen LogP contribution in [0.1, 0.15) is 55.5 Å². The second-order valence-electron chi connectivity index (χ2n) is 11.1. The lowest BCUT2D eigenvalue weighted by molar-refractivity contribution is 0.00578. The summed E-state index contributed by atoms with van der Waals surface area (Å²) in [6, 6.07) is 31.4. The molecule has 37 heavy (non-hydrogen) atoms. The van der Waals surface area contributed by atoms with Gasteiger partial charge in [0.15, 0.2) is 0 Å². The van der Waals surface area contributed by atoms with E-state index in [0.29, 0.717) is 5.56 Å². The van der Waals surface area contributed by atoms with E-state index in [0.717, 1.165) is 50.3 Å². The topological polar surface area (TPSA) is 51.5 Å². The normalized spacial score (nSPS) is 18.8. The van der Waals surface area contributed by atoms with Crippen LogP contribution in [0.2, 0.25) is 0 Å². The largest absolute Gasteiger partial charge is 0.494 e. The van der Waals surface area contributed by atoms with Crippen LogP contribution in [0.4, 0.5) is 0 Å². The predicted molar refractivity (Wildman–Crippen MR) is 144 cm³/mol. The number of hydrogen-bond donors (Lipinski definition) is 0. The van der Waals surface area contributed by atoms with Crippen molar-refractivity contribution in [3.05, 3.63) is 113 Å². The van der Waals surface area contributed by atoms with E-state index in [1.54, 1.807) is 0 Å². The maximum atomic E-state index is 9.72. The molecular weight excluding hydrogens is 457 g/mol. The zero-order valence-electron chi connectivity index (χ0n) is 21.3. The molecule has 0 radical (unpaired) electrons. The minimum atomic E-state index is -0.594. The molecule has 5 heteroatoms. The van der Waals surface area contributed by atoms with Crippen molar-refractivity contribution in [3.8, 4) is 28.7 Å². The Bertz CT molecular complexity index is 1590. The van der Waals surface area contributed by atoms with E-state index in [1.807, 2.05) is 36.4 Å². The van der Waals surface area contributed by atoms with Crippen LogP contribution in [0.3, 0.4) is 0 Å². The molecule has 7 rings (SSSR count). The van der Waals surface area contributed by atoms with E-state index >= 15 is 0 Å². The van der Waals surface area contributed by atoms with Crippen LogP contribution in [0.5, 0.6) is 11.5 Å². The number of ether oxygens (including phenoxy) is 1. The molecule has 180 valence electrons. The van der Waals surface area contributed by atoms with Crippen molar-refractivity contribution in [1.29, 1.82) is 5.26 Å². The van der Waals surface area contributed by atoms with Gasteiger partial charge in [-0.25, -0.2) is 0 Å². The van der Waals surface area contributed by atoms with E-state index in [4.69, 9.17) is 14.0 Å². The van der Waals surface area contributed by atoms with Crippen LogP contribution in [0, 0.1) is 11.3 Å². The quantitative estimate of drug-likeness (QED) is 0.257. The molecule has 1 aliphatic carbocycles. The number of benzene rings is 4. The Morgan fingerprint density at radius 3 is 1.89 bits per heavy atom. The van der Waals surface area contributed by atoms with Gasteiger partial charge in [-0.1, -0.05) is 60.7 Å². The van der Waals surface area contributed by atoms with E-state index in [2.05, 4.69) is 82.3 Å². The second-order valence-corrected chi connectivity index (χ2v) is 11.1. The molecule has 0 atom stereocenters. The number of para-hydroxylation sites is 2. The van der Waals surface area contributed by atoms with Gasteiger partial charge in [0.1, 0.15) is 11.5 Å². The first-order valence-electron chi connectivity index (χ1n) is 12.7. The van der Waals surface area contributed by atoms with Gasteiger partial charge in [0, 0.05) is 11.1 Å². The SMILES string of the molecule is CC1(C)OB(c2ccc3c(c2)C2(c4ccccc4Oc4ccccc42)c2ccc(C#N)cc2-3)OC1(C)C. The molecule has 4 nitrogen and oxygen atoms in total. The van der Waals surface area contributed by atoms with E-state index < -0.39 is 23.7 Å². The van der Waals surface area contributed by atoms with Gasteiger partial charge in [-0.05, 0) is 79.7 Å². The Morgan fingerprint density at radius 1 is 0.649 bits per heavy atom. The summed E-state index contributed by atoms with van der Waals surface area (Å²) in [5.41, 5.74) is 6.81. The molecule has 0 aromatic heterocycles. The summed E-state index contributed by atoms with van der Waals surface area (Å²) in [6.45, 7) is 8.30. The summed E-state index contributed by atoms with van der Waals surface area (Å²) >= 11 is 0. The highest BCUT2D eigenvalue weighted by atomic mass is 16.7. The summed E-state index contributed by atoms with van der Waals surface area (Å²) in [7, 11) is -0.476. The van der Waals surface area contributed by atoms with Crippen molar-refractivity contribution in [2.75, 3.05) is 0 Å². The van der Waals surface area contributed by atoms with Gasteiger partial charge in [0.25, 0.3) is 0 Å². The maximum Gasteiger partial charge on any atom is 0.494 e. The van der Waals surface area contributed by atoms with Crippen molar-refractivity contribution in [1.82, 2.24) is 0 Å². The summed E-state index contributed by atoms with van der Waals surface area (Å²) in [6.07, 6.45) is 0. The lowest BCUT2D eigenvalue weighted by Crippen LogP contribution is -2.41. The summed E-state index contributed by atoms with van der Waals surface area (Å²) < 4.78 is 19.3.